The number of esters is 2. The number of halogens is 1. The van der Waals surface area contributed by atoms with Crippen LogP contribution >= 0.6 is 27.7 Å². The van der Waals surface area contributed by atoms with E-state index in [0.717, 1.165) is 17.3 Å². The summed E-state index contributed by atoms with van der Waals surface area (Å²) < 4.78 is 21.1. The summed E-state index contributed by atoms with van der Waals surface area (Å²) in [4.78, 5) is 41.4. The van der Waals surface area contributed by atoms with Gasteiger partial charge in [-0.15, -0.1) is 0 Å². The standard InChI is InChI=1S/C26H24BrNO8S/c1-5-35-26(32)22-23(30)20(37-25(22)28-24(31)16-9-7-6-8-14(16)2)11-15-10-18(33-3)19(12-17(15)27)36-13-21(29)34-4/h6-12,30H,5,13H2,1-4H3/b20-11-,28-25?. The van der Waals surface area contributed by atoms with Crippen molar-refractivity contribution in [2.45, 2.75) is 13.8 Å². The van der Waals surface area contributed by atoms with Crippen molar-refractivity contribution in [1.29, 1.82) is 0 Å². The minimum atomic E-state index is -0.796. The molecule has 0 unspecified atom stereocenters. The summed E-state index contributed by atoms with van der Waals surface area (Å²) in [7, 11) is 2.69. The Morgan fingerprint density at radius 3 is 2.51 bits per heavy atom. The molecular weight excluding hydrogens is 566 g/mol. The summed E-state index contributed by atoms with van der Waals surface area (Å²) in [5.41, 5.74) is 1.48. The quantitative estimate of drug-likeness (QED) is 0.423. The number of benzene rings is 2. The van der Waals surface area contributed by atoms with Crippen molar-refractivity contribution in [3.8, 4) is 11.5 Å². The van der Waals surface area contributed by atoms with Gasteiger partial charge in [-0.1, -0.05) is 45.9 Å². The third-order valence-corrected chi connectivity index (χ3v) is 6.80. The molecule has 0 saturated carbocycles. The number of aliphatic imine (C=N–C) groups is 1. The van der Waals surface area contributed by atoms with Crippen molar-refractivity contribution in [3.05, 3.63) is 73.8 Å². The molecule has 0 bridgehead atoms. The number of methoxy groups -OCH3 is 2. The second-order valence-corrected chi connectivity index (χ2v) is 9.37. The SMILES string of the molecule is CCOC(=O)C1=C(O)/C(=C/c2cc(OC)c(OCC(=O)OC)cc2Br)SC1=NC(=O)c1ccccc1C. The maximum atomic E-state index is 12.9. The van der Waals surface area contributed by atoms with Crippen LogP contribution in [-0.2, 0) is 19.1 Å². The number of aliphatic hydroxyl groups excluding tert-OH is 1. The normalized spacial score (nSPS) is 15.2. The topological polar surface area (TPSA) is 121 Å². The Morgan fingerprint density at radius 1 is 1.14 bits per heavy atom. The lowest BCUT2D eigenvalue weighted by Gasteiger charge is -2.12. The maximum absolute atomic E-state index is 12.9. The molecule has 0 aromatic heterocycles. The molecule has 1 aliphatic heterocycles. The molecule has 0 fully saturated rings. The number of amides is 1. The fourth-order valence-electron chi connectivity index (χ4n) is 3.23. The van der Waals surface area contributed by atoms with Crippen LogP contribution in [-0.4, -0.2) is 55.4 Å². The van der Waals surface area contributed by atoms with Gasteiger partial charge in [-0.2, -0.15) is 0 Å². The molecule has 194 valence electrons. The Kier molecular flexibility index (Phi) is 9.54. The molecule has 0 spiro atoms. The van der Waals surface area contributed by atoms with Crippen LogP contribution < -0.4 is 9.47 Å². The highest BCUT2D eigenvalue weighted by Gasteiger charge is 2.34. The highest BCUT2D eigenvalue weighted by Crippen LogP contribution is 2.42. The lowest BCUT2D eigenvalue weighted by molar-refractivity contribution is -0.143. The average Bonchev–Trinajstić information content (AvgIpc) is 3.18. The highest BCUT2D eigenvalue weighted by molar-refractivity contribution is 9.10. The van der Waals surface area contributed by atoms with Crippen molar-refractivity contribution in [2.24, 2.45) is 4.99 Å². The van der Waals surface area contributed by atoms with E-state index in [1.807, 2.05) is 0 Å². The summed E-state index contributed by atoms with van der Waals surface area (Å²) in [5, 5.41) is 11.0. The van der Waals surface area contributed by atoms with Gasteiger partial charge in [0.1, 0.15) is 16.4 Å². The predicted molar refractivity (Wildman–Crippen MR) is 143 cm³/mol. The van der Waals surface area contributed by atoms with Crippen LogP contribution in [0.2, 0.25) is 0 Å². The third-order valence-electron chi connectivity index (χ3n) is 5.09. The van der Waals surface area contributed by atoms with E-state index in [0.29, 0.717) is 27.1 Å². The number of aliphatic hydroxyl groups is 1. The predicted octanol–water partition coefficient (Wildman–Crippen LogP) is 5.02. The van der Waals surface area contributed by atoms with Crippen molar-refractivity contribution in [1.82, 2.24) is 0 Å². The molecule has 1 amide bonds. The van der Waals surface area contributed by atoms with Gasteiger partial charge in [0.05, 0.1) is 25.7 Å². The highest BCUT2D eigenvalue weighted by atomic mass is 79.9. The van der Waals surface area contributed by atoms with Crippen LogP contribution in [0.3, 0.4) is 0 Å². The molecule has 2 aromatic carbocycles. The van der Waals surface area contributed by atoms with Crippen LogP contribution in [0.25, 0.3) is 6.08 Å². The second kappa shape index (κ2) is 12.6. The number of ether oxygens (including phenoxy) is 4. The zero-order valence-electron chi connectivity index (χ0n) is 20.5. The van der Waals surface area contributed by atoms with E-state index in [1.54, 1.807) is 56.3 Å². The van der Waals surface area contributed by atoms with Crippen LogP contribution in [0.15, 0.2) is 62.1 Å². The zero-order valence-corrected chi connectivity index (χ0v) is 22.9. The van der Waals surface area contributed by atoms with Gasteiger partial charge in [0.25, 0.3) is 5.91 Å². The van der Waals surface area contributed by atoms with E-state index in [4.69, 9.17) is 14.2 Å². The first kappa shape index (κ1) is 28.0. The fourth-order valence-corrected chi connectivity index (χ4v) is 4.67. The van der Waals surface area contributed by atoms with Crippen molar-refractivity contribution in [3.63, 3.8) is 0 Å². The fraction of sp³-hybridized carbons (Fsp3) is 0.231. The van der Waals surface area contributed by atoms with E-state index in [2.05, 4.69) is 25.7 Å². The number of hydrogen-bond acceptors (Lipinski definition) is 9. The lowest BCUT2D eigenvalue weighted by Crippen LogP contribution is -2.14. The number of thioether (sulfide) groups is 1. The van der Waals surface area contributed by atoms with Crippen LogP contribution in [0.1, 0.15) is 28.4 Å². The van der Waals surface area contributed by atoms with Crippen molar-refractivity contribution in [2.75, 3.05) is 27.4 Å². The molecule has 0 radical (unpaired) electrons. The van der Waals surface area contributed by atoms with E-state index in [-0.39, 0.29) is 34.5 Å². The molecule has 11 heteroatoms. The van der Waals surface area contributed by atoms with Crippen LogP contribution in [0.5, 0.6) is 11.5 Å². The Balaban J connectivity index is 2.02. The average molecular weight is 590 g/mol. The van der Waals surface area contributed by atoms with Crippen molar-refractivity contribution >= 4 is 56.7 Å². The summed E-state index contributed by atoms with van der Waals surface area (Å²) in [5.74, 6) is -1.66. The number of rotatable bonds is 8. The smallest absolute Gasteiger partial charge is 0.344 e. The maximum Gasteiger partial charge on any atom is 0.344 e. The molecule has 1 heterocycles. The van der Waals surface area contributed by atoms with Gasteiger partial charge in [-0.3, -0.25) is 4.79 Å². The molecule has 1 aliphatic rings. The van der Waals surface area contributed by atoms with E-state index < -0.39 is 17.8 Å². The largest absolute Gasteiger partial charge is 0.506 e. The minimum Gasteiger partial charge on any atom is -0.506 e. The molecule has 9 nitrogen and oxygen atoms in total. The lowest BCUT2D eigenvalue weighted by atomic mass is 10.1. The number of nitrogens with zero attached hydrogens (tertiary/aromatic N) is 1. The van der Waals surface area contributed by atoms with Gasteiger partial charge in [0, 0.05) is 10.0 Å². The number of hydrogen-bond donors (Lipinski definition) is 1. The van der Waals surface area contributed by atoms with E-state index in [1.165, 1.54) is 14.2 Å². The number of aryl methyl sites for hydroxylation is 1. The van der Waals surface area contributed by atoms with Gasteiger partial charge < -0.3 is 24.1 Å². The first-order chi connectivity index (χ1) is 17.7. The van der Waals surface area contributed by atoms with Crippen LogP contribution in [0.4, 0.5) is 0 Å². The van der Waals surface area contributed by atoms with Crippen LogP contribution in [0, 0.1) is 6.92 Å². The third kappa shape index (κ3) is 6.60. The Labute approximate surface area is 226 Å². The van der Waals surface area contributed by atoms with Gasteiger partial charge >= 0.3 is 11.9 Å². The second-order valence-electron chi connectivity index (χ2n) is 7.48. The Bertz CT molecular complexity index is 1330. The molecule has 0 saturated heterocycles. The van der Waals surface area contributed by atoms with Gasteiger partial charge in [0.2, 0.25) is 0 Å². The van der Waals surface area contributed by atoms with Crippen molar-refractivity contribution < 1.29 is 38.4 Å². The summed E-state index contributed by atoms with van der Waals surface area (Å²) in [6, 6.07) is 10.2. The molecule has 0 atom stereocenters. The molecule has 1 N–H and O–H groups in total. The molecule has 3 rings (SSSR count). The monoisotopic (exact) mass is 589 g/mol. The first-order valence-corrected chi connectivity index (χ1v) is 12.6. The van der Waals surface area contributed by atoms with E-state index >= 15 is 0 Å². The Morgan fingerprint density at radius 2 is 1.86 bits per heavy atom. The minimum absolute atomic E-state index is 0.0246. The number of carbonyl (C=O) groups excluding carboxylic acids is 3. The summed E-state index contributed by atoms with van der Waals surface area (Å²) >= 11 is 4.40. The summed E-state index contributed by atoms with van der Waals surface area (Å²) in [6.45, 7) is 3.19. The molecule has 37 heavy (non-hydrogen) atoms. The van der Waals surface area contributed by atoms with Gasteiger partial charge in [0.15, 0.2) is 18.1 Å². The van der Waals surface area contributed by atoms with Gasteiger partial charge in [-0.05, 0) is 49.2 Å². The molecular formula is C26H24BrNO8S. The molecule has 2 aromatic rings. The number of carbonyl (C=O) groups is 3. The molecule has 0 aliphatic carbocycles. The Hall–Kier alpha value is -3.57. The van der Waals surface area contributed by atoms with E-state index in [9.17, 15) is 19.5 Å². The zero-order chi connectivity index (χ0) is 27.1. The van der Waals surface area contributed by atoms with Gasteiger partial charge in [-0.25, -0.2) is 14.6 Å². The summed E-state index contributed by atoms with van der Waals surface area (Å²) in [6.07, 6.45) is 1.59. The first-order valence-electron chi connectivity index (χ1n) is 11.0.